The third-order valence-electron chi connectivity index (χ3n) is 8.79. The van der Waals surface area contributed by atoms with Gasteiger partial charge in [0, 0.05) is 30.4 Å². The van der Waals surface area contributed by atoms with Crippen molar-refractivity contribution in [3.05, 3.63) is 101 Å². The molecule has 2 heterocycles. The maximum absolute atomic E-state index is 14.6. The normalized spacial score (nSPS) is 19.7. The first-order valence-electron chi connectivity index (χ1n) is 15.1. The number of halogens is 2. The Morgan fingerprint density at radius 2 is 1.78 bits per heavy atom. The van der Waals surface area contributed by atoms with Crippen LogP contribution in [0.2, 0.25) is 0 Å². The predicted octanol–water partition coefficient (Wildman–Crippen LogP) is 4.99. The first-order chi connectivity index (χ1) is 21.9. The van der Waals surface area contributed by atoms with Gasteiger partial charge in [0.05, 0.1) is 6.42 Å². The second-order valence-electron chi connectivity index (χ2n) is 12.4. The summed E-state index contributed by atoms with van der Waals surface area (Å²) in [5.41, 5.74) is 0.918. The molecule has 3 aromatic carbocycles. The number of likely N-dealkylation sites (tertiary alicyclic amines) is 1. The Kier molecular flexibility index (Phi) is 8.92. The molecule has 0 aromatic heterocycles. The van der Waals surface area contributed by atoms with E-state index in [4.69, 9.17) is 6.57 Å². The molecule has 2 aliphatic rings. The fourth-order valence-electron chi connectivity index (χ4n) is 6.34. The van der Waals surface area contributed by atoms with Gasteiger partial charge in [-0.1, -0.05) is 44.2 Å². The predicted molar refractivity (Wildman–Crippen MR) is 168 cm³/mol. The van der Waals surface area contributed by atoms with Gasteiger partial charge in [-0.15, -0.1) is 0 Å². The molecule has 9 nitrogen and oxygen atoms in total. The molecule has 4 amide bonds. The number of likely N-dealkylation sites (N-methyl/N-ethyl adjacent to an activating group) is 1. The number of rotatable bonds is 8. The lowest BCUT2D eigenvalue weighted by Gasteiger charge is -2.33. The van der Waals surface area contributed by atoms with E-state index in [9.17, 15) is 28.0 Å². The fourth-order valence-corrected chi connectivity index (χ4v) is 6.34. The lowest BCUT2D eigenvalue weighted by atomic mass is 9.80. The topological polar surface area (TPSA) is 103 Å². The Morgan fingerprint density at radius 3 is 2.46 bits per heavy atom. The van der Waals surface area contributed by atoms with Gasteiger partial charge in [0.1, 0.15) is 29.1 Å². The van der Waals surface area contributed by atoms with E-state index in [0.717, 1.165) is 11.6 Å². The van der Waals surface area contributed by atoms with Crippen LogP contribution in [0.3, 0.4) is 0 Å². The summed E-state index contributed by atoms with van der Waals surface area (Å²) in [4.78, 5) is 60.6. The molecule has 3 aromatic rings. The van der Waals surface area contributed by atoms with Gasteiger partial charge < -0.3 is 15.5 Å². The van der Waals surface area contributed by atoms with E-state index in [1.54, 1.807) is 6.07 Å². The van der Waals surface area contributed by atoms with Gasteiger partial charge in [-0.2, -0.15) is 0 Å². The smallest absolute Gasteiger partial charge is 0.302 e. The molecule has 0 unspecified atom stereocenters. The highest BCUT2D eigenvalue weighted by Crippen LogP contribution is 2.47. The second-order valence-corrected chi connectivity index (χ2v) is 12.4. The SMILES string of the molecule is [C-]#[N+][C@@H]1C[C@@]2(CN1C(=O)[C@H](CC(C)C)N(C)C(=O)[C@H](C)NC(=O)c1ccc(F)c(-c3ccc(F)cc3)c1)C(=O)Nc1ccccc12. The number of hydrogen-bond donors (Lipinski definition) is 2. The molecule has 1 fully saturated rings. The lowest BCUT2D eigenvalue weighted by molar-refractivity contribution is -0.146. The van der Waals surface area contributed by atoms with E-state index in [0.29, 0.717) is 11.3 Å². The highest BCUT2D eigenvalue weighted by atomic mass is 19.1. The molecule has 2 N–H and O–H groups in total. The fraction of sp³-hybridized carbons (Fsp3) is 0.343. The molecule has 0 saturated carbocycles. The van der Waals surface area contributed by atoms with Crippen LogP contribution in [0.1, 0.15) is 49.5 Å². The molecule has 5 rings (SSSR count). The quantitative estimate of drug-likeness (QED) is 0.344. The standard InChI is InChI=1S/C35H35F2N5O4/c1-20(2)16-29(33(45)42-19-35(18-30(42)38-4)26-8-6-7-9-28(26)40-34(35)46)41(5)32(44)21(3)39-31(43)23-12-15-27(37)25(17-23)22-10-13-24(36)14-11-22/h6-15,17,20-21,29-30H,16,18-19H2,1-3,5H3,(H,39,43)(H,40,46)/t21-,29-,30-,35-/m0/s1. The first kappa shape index (κ1) is 32.3. The summed E-state index contributed by atoms with van der Waals surface area (Å²) in [7, 11) is 1.48. The number of nitrogens with one attached hydrogen (secondary N) is 2. The largest absolute Gasteiger partial charge is 0.341 e. The number of benzene rings is 3. The van der Waals surface area contributed by atoms with Gasteiger partial charge in [0.25, 0.3) is 11.8 Å². The molecular weight excluding hydrogens is 592 g/mol. The van der Waals surface area contributed by atoms with Crippen molar-refractivity contribution in [3.63, 3.8) is 0 Å². The zero-order valence-electron chi connectivity index (χ0n) is 26.0. The molecule has 0 aliphatic carbocycles. The second kappa shape index (κ2) is 12.7. The molecule has 1 spiro atoms. The van der Waals surface area contributed by atoms with Crippen LogP contribution in [0.25, 0.3) is 16.0 Å². The summed E-state index contributed by atoms with van der Waals surface area (Å²) in [5, 5.41) is 5.52. The van der Waals surface area contributed by atoms with E-state index < -0.39 is 53.0 Å². The average Bonchev–Trinajstić information content (AvgIpc) is 3.56. The zero-order valence-corrected chi connectivity index (χ0v) is 26.0. The molecule has 46 heavy (non-hydrogen) atoms. The maximum atomic E-state index is 14.6. The number of anilines is 1. The van der Waals surface area contributed by atoms with Crippen molar-refractivity contribution in [1.29, 1.82) is 0 Å². The van der Waals surface area contributed by atoms with E-state index in [2.05, 4.69) is 15.5 Å². The lowest BCUT2D eigenvalue weighted by Crippen LogP contribution is -2.55. The van der Waals surface area contributed by atoms with Gasteiger partial charge in [-0.3, -0.25) is 28.9 Å². The molecule has 238 valence electrons. The van der Waals surface area contributed by atoms with Crippen molar-refractivity contribution in [1.82, 2.24) is 15.1 Å². The van der Waals surface area contributed by atoms with Gasteiger partial charge >= 0.3 is 6.17 Å². The van der Waals surface area contributed by atoms with Crippen LogP contribution in [-0.4, -0.2) is 65.3 Å². The van der Waals surface area contributed by atoms with Crippen LogP contribution >= 0.6 is 0 Å². The summed E-state index contributed by atoms with van der Waals surface area (Å²) < 4.78 is 28.0. The number of hydrogen-bond acceptors (Lipinski definition) is 4. The van der Waals surface area contributed by atoms with Crippen molar-refractivity contribution in [2.24, 2.45) is 5.92 Å². The Hall–Kier alpha value is -5.11. The molecule has 0 bridgehead atoms. The average molecular weight is 628 g/mol. The van der Waals surface area contributed by atoms with E-state index in [1.807, 2.05) is 32.0 Å². The van der Waals surface area contributed by atoms with Gasteiger partial charge in [-0.05, 0) is 66.8 Å². The minimum absolute atomic E-state index is 0.00310. The minimum atomic E-state index is -1.06. The number of carbonyl (C=O) groups is 4. The monoisotopic (exact) mass is 627 g/mol. The molecule has 0 radical (unpaired) electrons. The third kappa shape index (κ3) is 5.95. The van der Waals surface area contributed by atoms with Crippen LogP contribution in [0, 0.1) is 24.1 Å². The Balaban J connectivity index is 1.34. The number of nitrogens with zero attached hydrogens (tertiary/aromatic N) is 3. The van der Waals surface area contributed by atoms with Crippen LogP contribution in [0.4, 0.5) is 14.5 Å². The summed E-state index contributed by atoms with van der Waals surface area (Å²) in [5.74, 6) is -2.95. The van der Waals surface area contributed by atoms with Crippen LogP contribution in [-0.2, 0) is 19.8 Å². The van der Waals surface area contributed by atoms with E-state index in [1.165, 1.54) is 60.2 Å². The van der Waals surface area contributed by atoms with Crippen LogP contribution in [0.5, 0.6) is 0 Å². The third-order valence-corrected chi connectivity index (χ3v) is 8.79. The molecule has 11 heteroatoms. The van der Waals surface area contributed by atoms with Crippen LogP contribution < -0.4 is 10.6 Å². The molecule has 2 aliphatic heterocycles. The Bertz CT molecular complexity index is 1740. The summed E-state index contributed by atoms with van der Waals surface area (Å²) >= 11 is 0. The summed E-state index contributed by atoms with van der Waals surface area (Å²) in [6.07, 6.45) is -0.465. The van der Waals surface area contributed by atoms with Crippen molar-refractivity contribution in [2.75, 3.05) is 18.9 Å². The number of fused-ring (bicyclic) bond motifs is 2. The zero-order chi connectivity index (χ0) is 33.3. The number of amides is 4. The number of para-hydroxylation sites is 1. The molecule has 1 saturated heterocycles. The van der Waals surface area contributed by atoms with E-state index in [-0.39, 0.29) is 42.3 Å². The number of carbonyl (C=O) groups excluding carboxylic acids is 4. The highest BCUT2D eigenvalue weighted by molar-refractivity contribution is 6.07. The van der Waals surface area contributed by atoms with Gasteiger partial charge in [-0.25, -0.2) is 15.4 Å². The van der Waals surface area contributed by atoms with Crippen molar-refractivity contribution in [2.45, 2.75) is 57.3 Å². The van der Waals surface area contributed by atoms with Gasteiger partial charge in [0.2, 0.25) is 11.8 Å². The highest BCUT2D eigenvalue weighted by Gasteiger charge is 2.59. The Labute approximate surface area is 266 Å². The molecule has 4 atom stereocenters. The van der Waals surface area contributed by atoms with E-state index >= 15 is 0 Å². The van der Waals surface area contributed by atoms with Crippen molar-refractivity contribution in [3.8, 4) is 11.1 Å². The van der Waals surface area contributed by atoms with Crippen LogP contribution in [0.15, 0.2) is 66.7 Å². The maximum Gasteiger partial charge on any atom is 0.302 e. The minimum Gasteiger partial charge on any atom is -0.341 e. The summed E-state index contributed by atoms with van der Waals surface area (Å²) in [6, 6.07) is 14.2. The summed E-state index contributed by atoms with van der Waals surface area (Å²) in [6.45, 7) is 13.2. The Morgan fingerprint density at radius 1 is 1.09 bits per heavy atom. The molecular formula is C35H35F2N5O4. The van der Waals surface area contributed by atoms with Crippen molar-refractivity contribution >= 4 is 29.3 Å². The first-order valence-corrected chi connectivity index (χ1v) is 15.1. The van der Waals surface area contributed by atoms with Crippen molar-refractivity contribution < 1.29 is 28.0 Å². The van der Waals surface area contributed by atoms with Gasteiger partial charge in [0.15, 0.2) is 0 Å².